The van der Waals surface area contributed by atoms with Gasteiger partial charge in [0.15, 0.2) is 11.5 Å². The molecule has 0 spiro atoms. The van der Waals surface area contributed by atoms with Gasteiger partial charge in [-0.15, -0.1) is 11.8 Å². The SMILES string of the molecule is CCC(Sc1cccc(NC(=O)c2ccc(OC)c(OC)c2)c1)C(=O)Nc1ccc(C)cc1C. The maximum absolute atomic E-state index is 12.9. The first-order chi connectivity index (χ1) is 16.3. The minimum Gasteiger partial charge on any atom is -0.493 e. The van der Waals surface area contributed by atoms with E-state index >= 15 is 0 Å². The summed E-state index contributed by atoms with van der Waals surface area (Å²) in [5.74, 6) is 0.740. The zero-order valence-electron chi connectivity index (χ0n) is 20.1. The predicted octanol–water partition coefficient (Wildman–Crippen LogP) is 6.08. The highest BCUT2D eigenvalue weighted by Crippen LogP contribution is 2.30. The minimum absolute atomic E-state index is 0.0424. The van der Waals surface area contributed by atoms with E-state index < -0.39 is 0 Å². The Bertz CT molecular complexity index is 1180. The van der Waals surface area contributed by atoms with Gasteiger partial charge in [0.2, 0.25) is 5.91 Å². The highest BCUT2D eigenvalue weighted by atomic mass is 32.2. The van der Waals surface area contributed by atoms with Crippen LogP contribution in [0, 0.1) is 13.8 Å². The number of aryl methyl sites for hydroxylation is 2. The third-order valence-electron chi connectivity index (χ3n) is 5.32. The van der Waals surface area contributed by atoms with Crippen molar-refractivity contribution in [2.75, 3.05) is 24.9 Å². The molecule has 3 aromatic rings. The van der Waals surface area contributed by atoms with E-state index in [1.165, 1.54) is 18.9 Å². The third-order valence-corrected chi connectivity index (χ3v) is 6.68. The smallest absolute Gasteiger partial charge is 0.255 e. The van der Waals surface area contributed by atoms with E-state index in [1.807, 2.05) is 63.2 Å². The molecule has 0 aliphatic heterocycles. The van der Waals surface area contributed by atoms with Crippen molar-refractivity contribution in [2.45, 2.75) is 37.3 Å². The molecule has 0 aliphatic carbocycles. The second kappa shape index (κ2) is 11.6. The molecule has 7 heteroatoms. The van der Waals surface area contributed by atoms with Crippen LogP contribution in [0.15, 0.2) is 65.6 Å². The van der Waals surface area contributed by atoms with Crippen LogP contribution in [0.3, 0.4) is 0 Å². The van der Waals surface area contributed by atoms with Gasteiger partial charge in [-0.05, 0) is 68.3 Å². The largest absolute Gasteiger partial charge is 0.493 e. The number of amides is 2. The van der Waals surface area contributed by atoms with Crippen LogP contribution in [-0.4, -0.2) is 31.3 Å². The van der Waals surface area contributed by atoms with Gasteiger partial charge in [-0.2, -0.15) is 0 Å². The molecule has 3 aromatic carbocycles. The molecule has 0 aromatic heterocycles. The number of ether oxygens (including phenoxy) is 2. The first-order valence-corrected chi connectivity index (χ1v) is 11.9. The second-order valence-corrected chi connectivity index (χ2v) is 9.15. The lowest BCUT2D eigenvalue weighted by Gasteiger charge is -2.17. The molecule has 0 heterocycles. The summed E-state index contributed by atoms with van der Waals surface area (Å²) in [6.07, 6.45) is 0.670. The summed E-state index contributed by atoms with van der Waals surface area (Å²) in [5, 5.41) is 5.69. The van der Waals surface area contributed by atoms with Crippen molar-refractivity contribution in [3.8, 4) is 11.5 Å². The Kier molecular flexibility index (Phi) is 8.60. The molecule has 1 atom stereocenters. The number of thioether (sulfide) groups is 1. The molecule has 2 N–H and O–H groups in total. The van der Waals surface area contributed by atoms with Crippen molar-refractivity contribution in [2.24, 2.45) is 0 Å². The number of anilines is 2. The molecule has 0 bridgehead atoms. The van der Waals surface area contributed by atoms with Crippen LogP contribution in [0.4, 0.5) is 11.4 Å². The zero-order valence-corrected chi connectivity index (χ0v) is 20.9. The highest BCUT2D eigenvalue weighted by molar-refractivity contribution is 8.00. The van der Waals surface area contributed by atoms with Crippen molar-refractivity contribution in [1.82, 2.24) is 0 Å². The predicted molar refractivity (Wildman–Crippen MR) is 138 cm³/mol. The van der Waals surface area contributed by atoms with Crippen molar-refractivity contribution in [3.05, 3.63) is 77.4 Å². The Morgan fingerprint density at radius 3 is 2.35 bits per heavy atom. The Balaban J connectivity index is 1.69. The van der Waals surface area contributed by atoms with Crippen molar-refractivity contribution in [1.29, 1.82) is 0 Å². The Morgan fingerprint density at radius 2 is 1.68 bits per heavy atom. The van der Waals surface area contributed by atoms with E-state index in [4.69, 9.17) is 9.47 Å². The maximum Gasteiger partial charge on any atom is 0.255 e. The number of carbonyl (C=O) groups is 2. The summed E-state index contributed by atoms with van der Waals surface area (Å²) in [5.41, 5.74) is 4.12. The summed E-state index contributed by atoms with van der Waals surface area (Å²) in [6, 6.07) is 18.5. The Morgan fingerprint density at radius 1 is 0.912 bits per heavy atom. The molecule has 0 saturated heterocycles. The number of rotatable bonds is 9. The van der Waals surface area contributed by atoms with Gasteiger partial charge in [0.25, 0.3) is 5.91 Å². The quantitative estimate of drug-likeness (QED) is 0.364. The first-order valence-electron chi connectivity index (χ1n) is 11.0. The number of nitrogens with one attached hydrogen (secondary N) is 2. The normalized spacial score (nSPS) is 11.4. The van der Waals surface area contributed by atoms with Gasteiger partial charge in [-0.3, -0.25) is 9.59 Å². The van der Waals surface area contributed by atoms with E-state index in [9.17, 15) is 9.59 Å². The molecule has 0 aliphatic rings. The fourth-order valence-electron chi connectivity index (χ4n) is 3.48. The molecule has 3 rings (SSSR count). The average Bonchev–Trinajstić information content (AvgIpc) is 2.83. The molecule has 1 unspecified atom stereocenters. The molecule has 6 nitrogen and oxygen atoms in total. The summed E-state index contributed by atoms with van der Waals surface area (Å²) in [4.78, 5) is 26.6. The van der Waals surface area contributed by atoms with Crippen LogP contribution >= 0.6 is 11.8 Å². The molecule has 0 radical (unpaired) electrons. The van der Waals surface area contributed by atoms with Crippen LogP contribution in [0.25, 0.3) is 0 Å². The lowest BCUT2D eigenvalue weighted by Crippen LogP contribution is -2.25. The number of hydrogen-bond donors (Lipinski definition) is 2. The van der Waals surface area contributed by atoms with E-state index in [0.717, 1.165) is 21.7 Å². The van der Waals surface area contributed by atoms with E-state index in [2.05, 4.69) is 10.6 Å². The first kappa shape index (κ1) is 25.2. The van der Waals surface area contributed by atoms with Crippen LogP contribution in [-0.2, 0) is 4.79 Å². The summed E-state index contributed by atoms with van der Waals surface area (Å²) >= 11 is 1.47. The number of carbonyl (C=O) groups excluding carboxylic acids is 2. The third kappa shape index (κ3) is 6.32. The van der Waals surface area contributed by atoms with Gasteiger partial charge in [-0.1, -0.05) is 30.7 Å². The molecule has 2 amide bonds. The Labute approximate surface area is 205 Å². The monoisotopic (exact) mass is 478 g/mol. The topological polar surface area (TPSA) is 76.7 Å². The fourth-order valence-corrected chi connectivity index (χ4v) is 4.49. The van der Waals surface area contributed by atoms with Gasteiger partial charge in [0.1, 0.15) is 0 Å². The fraction of sp³-hybridized carbons (Fsp3) is 0.259. The van der Waals surface area contributed by atoms with Gasteiger partial charge in [0, 0.05) is 21.8 Å². The van der Waals surface area contributed by atoms with Crippen LogP contribution in [0.1, 0.15) is 34.8 Å². The molecular formula is C27H30N2O4S. The summed E-state index contributed by atoms with van der Waals surface area (Å²) in [7, 11) is 3.08. The van der Waals surface area contributed by atoms with E-state index in [0.29, 0.717) is 29.2 Å². The lowest BCUT2D eigenvalue weighted by molar-refractivity contribution is -0.115. The maximum atomic E-state index is 12.9. The van der Waals surface area contributed by atoms with Crippen molar-refractivity contribution >= 4 is 35.0 Å². The van der Waals surface area contributed by atoms with Gasteiger partial charge >= 0.3 is 0 Å². The molecule has 34 heavy (non-hydrogen) atoms. The van der Waals surface area contributed by atoms with Crippen LogP contribution in [0.5, 0.6) is 11.5 Å². The van der Waals surface area contributed by atoms with Crippen LogP contribution < -0.4 is 20.1 Å². The van der Waals surface area contributed by atoms with Gasteiger partial charge < -0.3 is 20.1 Å². The summed E-state index contributed by atoms with van der Waals surface area (Å²) < 4.78 is 10.5. The number of benzene rings is 3. The van der Waals surface area contributed by atoms with Crippen LogP contribution in [0.2, 0.25) is 0 Å². The summed E-state index contributed by atoms with van der Waals surface area (Å²) in [6.45, 7) is 6.00. The number of methoxy groups -OCH3 is 2. The highest BCUT2D eigenvalue weighted by Gasteiger charge is 2.19. The van der Waals surface area contributed by atoms with E-state index in [-0.39, 0.29) is 17.1 Å². The average molecular weight is 479 g/mol. The van der Waals surface area contributed by atoms with E-state index in [1.54, 1.807) is 25.3 Å². The lowest BCUT2D eigenvalue weighted by atomic mass is 10.1. The minimum atomic E-state index is -0.266. The Hall–Kier alpha value is -3.45. The van der Waals surface area contributed by atoms with Crippen molar-refractivity contribution in [3.63, 3.8) is 0 Å². The standard InChI is InChI=1S/C27H30N2O4S/c1-6-25(27(31)29-22-12-10-17(2)14-18(22)3)34-21-9-7-8-20(16-21)28-26(30)19-11-13-23(32-4)24(15-19)33-5/h7-16,25H,6H2,1-5H3,(H,28,30)(H,29,31). The molecule has 178 valence electrons. The molecular weight excluding hydrogens is 448 g/mol. The number of hydrogen-bond acceptors (Lipinski definition) is 5. The zero-order chi connectivity index (χ0) is 24.7. The van der Waals surface area contributed by atoms with Gasteiger partial charge in [-0.25, -0.2) is 0 Å². The van der Waals surface area contributed by atoms with Crippen molar-refractivity contribution < 1.29 is 19.1 Å². The van der Waals surface area contributed by atoms with Gasteiger partial charge in [0.05, 0.1) is 19.5 Å². The second-order valence-electron chi connectivity index (χ2n) is 7.87. The molecule has 0 saturated carbocycles. The molecule has 0 fully saturated rings.